The molecule has 110 valence electrons. The Labute approximate surface area is 116 Å². The molecule has 1 unspecified atom stereocenters. The number of nitrogens with zero attached hydrogens (tertiary/aromatic N) is 1. The van der Waals surface area contributed by atoms with E-state index in [1.54, 1.807) is 7.05 Å². The predicted molar refractivity (Wildman–Crippen MR) is 78.1 cm³/mol. The second-order valence-electron chi connectivity index (χ2n) is 6.37. The molecule has 0 saturated heterocycles. The molecule has 0 aromatic carbocycles. The maximum atomic E-state index is 12.6. The van der Waals surface area contributed by atoms with E-state index in [1.807, 2.05) is 33.9 Å². The number of likely N-dealkylation sites (N-methyl/N-ethyl adjacent to an activating group) is 1. The zero-order valence-electron chi connectivity index (χ0n) is 12.3. The van der Waals surface area contributed by atoms with Gasteiger partial charge in [0.05, 0.1) is 0 Å². The van der Waals surface area contributed by atoms with Crippen molar-refractivity contribution < 1.29 is 13.2 Å². The minimum Gasteiger partial charge on any atom is -0.348 e. The highest BCUT2D eigenvalue weighted by atomic mass is 32.2. The third-order valence-electron chi connectivity index (χ3n) is 3.95. The molecule has 0 saturated carbocycles. The number of carbonyl (C=O) groups excluding carboxylic acids is 1. The number of hydrogen-bond acceptors (Lipinski definition) is 5. The van der Waals surface area contributed by atoms with Gasteiger partial charge in [-0.15, -0.1) is 0 Å². The summed E-state index contributed by atoms with van der Waals surface area (Å²) < 4.78 is 28.0. The zero-order valence-corrected chi connectivity index (χ0v) is 14.1. The first-order valence-corrected chi connectivity index (χ1v) is 10.6. The minimum absolute atomic E-state index is 0.158. The molecule has 2 N–H and O–H groups in total. The standard InChI is InChI=1S/C11H23N3O3SSi/c1-10(2,3)19(5,6)13-18(16,17)11(9-15)12-7-8-14(11)4/h7-9,12-13H,1-6H3. The van der Waals surface area contributed by atoms with Gasteiger partial charge >= 0.3 is 0 Å². The number of aldehydes is 1. The van der Waals surface area contributed by atoms with Gasteiger partial charge in [-0.25, -0.2) is 12.8 Å². The van der Waals surface area contributed by atoms with E-state index in [4.69, 9.17) is 0 Å². The van der Waals surface area contributed by atoms with Gasteiger partial charge in [-0.1, -0.05) is 33.9 Å². The lowest BCUT2D eigenvalue weighted by Gasteiger charge is -2.40. The molecule has 0 spiro atoms. The maximum absolute atomic E-state index is 12.6. The molecule has 6 nitrogen and oxygen atoms in total. The first kappa shape index (κ1) is 16.2. The van der Waals surface area contributed by atoms with Gasteiger partial charge in [-0.3, -0.25) is 4.79 Å². The van der Waals surface area contributed by atoms with Crippen molar-refractivity contribution in [3.63, 3.8) is 0 Å². The molecule has 1 aliphatic heterocycles. The van der Waals surface area contributed by atoms with Crippen LogP contribution in [0.4, 0.5) is 0 Å². The molecule has 0 fully saturated rings. The first-order valence-electron chi connectivity index (χ1n) is 6.07. The summed E-state index contributed by atoms with van der Waals surface area (Å²) in [5.74, 6) is 0. The van der Waals surface area contributed by atoms with Gasteiger partial charge in [-0.05, 0) is 5.04 Å². The topological polar surface area (TPSA) is 78.5 Å². The second kappa shape index (κ2) is 4.60. The van der Waals surface area contributed by atoms with Crippen molar-refractivity contribution in [2.45, 2.75) is 43.9 Å². The van der Waals surface area contributed by atoms with Crippen LogP contribution in [0, 0.1) is 0 Å². The summed E-state index contributed by atoms with van der Waals surface area (Å²) >= 11 is 0. The van der Waals surface area contributed by atoms with E-state index in [2.05, 4.69) is 9.70 Å². The molecule has 8 heteroatoms. The molecule has 0 bridgehead atoms. The summed E-state index contributed by atoms with van der Waals surface area (Å²) in [6.45, 7) is 9.87. The van der Waals surface area contributed by atoms with E-state index < -0.39 is 23.3 Å². The lowest BCUT2D eigenvalue weighted by atomic mass is 10.2. The highest BCUT2D eigenvalue weighted by Gasteiger charge is 2.52. The van der Waals surface area contributed by atoms with Gasteiger partial charge in [0.2, 0.25) is 0 Å². The summed E-state index contributed by atoms with van der Waals surface area (Å²) in [5, 5.41) is 2.47. The van der Waals surface area contributed by atoms with E-state index in [0.29, 0.717) is 6.29 Å². The Kier molecular flexibility index (Phi) is 3.92. The van der Waals surface area contributed by atoms with Crippen LogP contribution in [0.3, 0.4) is 0 Å². The molecule has 19 heavy (non-hydrogen) atoms. The largest absolute Gasteiger partial charge is 0.348 e. The Morgan fingerprint density at radius 3 is 2.21 bits per heavy atom. The summed E-state index contributed by atoms with van der Waals surface area (Å²) in [6.07, 6.45) is 3.40. The fourth-order valence-corrected chi connectivity index (χ4v) is 6.82. The number of carbonyl (C=O) groups is 1. The van der Waals surface area contributed by atoms with E-state index in [9.17, 15) is 13.2 Å². The molecular formula is C11H23N3O3SSi. The van der Waals surface area contributed by atoms with Gasteiger partial charge in [0.15, 0.2) is 6.29 Å². The van der Waals surface area contributed by atoms with Crippen molar-refractivity contribution in [3.8, 4) is 0 Å². The highest BCUT2D eigenvalue weighted by Crippen LogP contribution is 2.35. The summed E-state index contributed by atoms with van der Waals surface area (Å²) in [5.41, 5.74) is 0. The van der Waals surface area contributed by atoms with Gasteiger partial charge in [-0.2, -0.15) is 0 Å². The van der Waals surface area contributed by atoms with Crippen LogP contribution in [0.5, 0.6) is 0 Å². The molecular weight excluding hydrogens is 282 g/mol. The van der Waals surface area contributed by atoms with E-state index >= 15 is 0 Å². The molecule has 1 rings (SSSR count). The SMILES string of the molecule is CN1C=CNC1(C=O)S(=O)(=O)N[Si](C)(C)C(C)(C)C. The Bertz CT molecular complexity index is 496. The Balaban J connectivity index is 3.16. The van der Waals surface area contributed by atoms with Crippen LogP contribution >= 0.6 is 0 Å². The average Bonchev–Trinajstić information content (AvgIpc) is 2.57. The van der Waals surface area contributed by atoms with Gasteiger partial charge in [0.25, 0.3) is 15.0 Å². The molecule has 0 amide bonds. The number of sulfonamides is 1. The highest BCUT2D eigenvalue weighted by molar-refractivity contribution is 7.92. The molecule has 0 radical (unpaired) electrons. The molecule has 0 aliphatic carbocycles. The Hall–Kier alpha value is -0.863. The normalized spacial score (nSPS) is 24.4. The number of hydrogen-bond donors (Lipinski definition) is 2. The molecule has 0 aromatic heterocycles. The second-order valence-corrected chi connectivity index (χ2v) is 13.6. The van der Waals surface area contributed by atoms with Crippen LogP contribution in [0.2, 0.25) is 18.1 Å². The van der Waals surface area contributed by atoms with E-state index in [-0.39, 0.29) is 5.04 Å². The first-order chi connectivity index (χ1) is 8.40. The summed E-state index contributed by atoms with van der Waals surface area (Å²) in [7, 11) is -4.61. The average molecular weight is 305 g/mol. The molecule has 1 aliphatic rings. The van der Waals surface area contributed by atoms with Crippen LogP contribution in [0.25, 0.3) is 0 Å². The molecule has 1 heterocycles. The zero-order chi connectivity index (χ0) is 15.1. The Morgan fingerprint density at radius 2 is 1.89 bits per heavy atom. The van der Waals surface area contributed by atoms with Gasteiger partial charge in [0, 0.05) is 19.4 Å². The summed E-state index contributed by atoms with van der Waals surface area (Å²) in [4.78, 5) is 11.0. The predicted octanol–water partition coefficient (Wildman–Crippen LogP) is 0.770. The van der Waals surface area contributed by atoms with Crippen molar-refractivity contribution in [2.75, 3.05) is 7.05 Å². The third kappa shape index (κ3) is 2.56. The van der Waals surface area contributed by atoms with Crippen LogP contribution < -0.4 is 9.70 Å². The van der Waals surface area contributed by atoms with Crippen molar-refractivity contribution in [1.82, 2.24) is 14.6 Å². The lowest BCUT2D eigenvalue weighted by Crippen LogP contribution is -2.67. The van der Waals surface area contributed by atoms with Crippen molar-refractivity contribution in [1.29, 1.82) is 0 Å². The van der Waals surface area contributed by atoms with Crippen LogP contribution in [0.1, 0.15) is 20.8 Å². The van der Waals surface area contributed by atoms with Crippen molar-refractivity contribution in [3.05, 3.63) is 12.4 Å². The fraction of sp³-hybridized carbons (Fsp3) is 0.727. The van der Waals surface area contributed by atoms with E-state index in [0.717, 1.165) is 0 Å². The number of rotatable bonds is 4. The quantitative estimate of drug-likeness (QED) is 0.592. The summed E-state index contributed by atoms with van der Waals surface area (Å²) in [6, 6.07) is 0. The molecule has 1 atom stereocenters. The lowest BCUT2D eigenvalue weighted by molar-refractivity contribution is -0.113. The van der Waals surface area contributed by atoms with Gasteiger partial charge in [0.1, 0.15) is 8.24 Å². The van der Waals surface area contributed by atoms with Crippen molar-refractivity contribution in [2.24, 2.45) is 0 Å². The third-order valence-corrected chi connectivity index (χ3v) is 12.1. The van der Waals surface area contributed by atoms with Crippen LogP contribution in [0.15, 0.2) is 12.4 Å². The fourth-order valence-electron chi connectivity index (χ4n) is 1.50. The van der Waals surface area contributed by atoms with Crippen molar-refractivity contribution >= 4 is 24.5 Å². The van der Waals surface area contributed by atoms with E-state index in [1.165, 1.54) is 17.3 Å². The monoisotopic (exact) mass is 305 g/mol. The van der Waals surface area contributed by atoms with Crippen LogP contribution in [-0.4, -0.2) is 39.9 Å². The molecule has 0 aromatic rings. The van der Waals surface area contributed by atoms with Gasteiger partial charge < -0.3 is 10.2 Å². The van der Waals surface area contributed by atoms with Crippen LogP contribution in [-0.2, 0) is 14.8 Å². The number of nitrogens with one attached hydrogen (secondary N) is 2. The smallest absolute Gasteiger partial charge is 0.285 e. The minimum atomic E-state index is -3.87. The Morgan fingerprint density at radius 1 is 1.37 bits per heavy atom. The maximum Gasteiger partial charge on any atom is 0.285 e.